The molecule has 0 saturated carbocycles. The van der Waals surface area contributed by atoms with Gasteiger partial charge in [-0.15, -0.1) is 0 Å². The van der Waals surface area contributed by atoms with Gasteiger partial charge in [0.25, 0.3) is 0 Å². The third-order valence-electron chi connectivity index (χ3n) is 5.61. The summed E-state index contributed by atoms with van der Waals surface area (Å²) in [4.78, 5) is 23.9. The summed E-state index contributed by atoms with van der Waals surface area (Å²) in [5.74, 6) is 0. The van der Waals surface area contributed by atoms with Gasteiger partial charge in [0.1, 0.15) is 0 Å². The molecule has 0 saturated heterocycles. The van der Waals surface area contributed by atoms with Gasteiger partial charge in [-0.3, -0.25) is 9.59 Å². The van der Waals surface area contributed by atoms with Crippen molar-refractivity contribution in [2.24, 2.45) is 16.6 Å². The van der Waals surface area contributed by atoms with Gasteiger partial charge in [0.15, 0.2) is 0 Å². The Kier molecular flexibility index (Phi) is 4.11. The second-order valence-electron chi connectivity index (χ2n) is 9.23. The Hall–Kier alpha value is -0.960. The van der Waals surface area contributed by atoms with Crippen molar-refractivity contribution in [3.05, 3.63) is 31.6 Å². The van der Waals surface area contributed by atoms with Gasteiger partial charge in [0.05, 0.1) is 0 Å². The molecule has 0 radical (unpaired) electrons. The fraction of sp³-hybridized carbons (Fsp3) is 0.778. The lowest BCUT2D eigenvalue weighted by Gasteiger charge is -2.51. The van der Waals surface area contributed by atoms with Crippen LogP contribution in [-0.4, -0.2) is 5.54 Å². The average molecular weight is 293 g/mol. The lowest BCUT2D eigenvalue weighted by molar-refractivity contribution is 0.0399. The van der Waals surface area contributed by atoms with Gasteiger partial charge in [-0.05, 0) is 29.6 Å². The molecule has 0 bridgehead atoms. The normalized spacial score (nSPS) is 17.0. The van der Waals surface area contributed by atoms with Crippen LogP contribution in [0.3, 0.4) is 0 Å². The summed E-state index contributed by atoms with van der Waals surface area (Å²) in [6.45, 7) is 18.6. The molecule has 1 unspecified atom stereocenters. The highest BCUT2D eigenvalue weighted by molar-refractivity contribution is 5.39. The quantitative estimate of drug-likeness (QED) is 0.872. The van der Waals surface area contributed by atoms with Gasteiger partial charge in [0, 0.05) is 16.7 Å². The van der Waals surface area contributed by atoms with Gasteiger partial charge in [-0.1, -0.05) is 55.4 Å². The predicted octanol–water partition coefficient (Wildman–Crippen LogP) is 2.91. The monoisotopic (exact) mass is 293 g/mol. The molecule has 0 amide bonds. The van der Waals surface area contributed by atoms with Crippen LogP contribution in [0, 0.1) is 10.8 Å². The Morgan fingerprint density at radius 1 is 0.810 bits per heavy atom. The fourth-order valence-electron chi connectivity index (χ4n) is 2.85. The molecule has 0 aliphatic carbocycles. The molecule has 0 spiro atoms. The van der Waals surface area contributed by atoms with Crippen LogP contribution >= 0.6 is 0 Å². The molecular weight excluding hydrogens is 262 g/mol. The Morgan fingerprint density at radius 3 is 1.57 bits per heavy atom. The molecule has 1 aromatic rings. The molecule has 120 valence electrons. The van der Waals surface area contributed by atoms with E-state index in [1.807, 2.05) is 27.7 Å². The minimum atomic E-state index is -0.562. The first kappa shape index (κ1) is 18.1. The van der Waals surface area contributed by atoms with Gasteiger partial charge < -0.3 is 5.73 Å². The van der Waals surface area contributed by atoms with E-state index in [1.54, 1.807) is 0 Å². The third-order valence-corrected chi connectivity index (χ3v) is 5.61. The number of hydrogen-bond donors (Lipinski definition) is 1. The van der Waals surface area contributed by atoms with Crippen molar-refractivity contribution >= 4 is 0 Å². The first-order chi connectivity index (χ1) is 9.04. The molecule has 3 nitrogen and oxygen atoms in total. The number of nitrogens with two attached hydrogens (primary N) is 1. The highest BCUT2D eigenvalue weighted by atomic mass is 16.2. The zero-order valence-corrected chi connectivity index (χ0v) is 15.1. The lowest BCUT2D eigenvalue weighted by atomic mass is 9.57. The summed E-state index contributed by atoms with van der Waals surface area (Å²) in [5, 5.41) is 0. The van der Waals surface area contributed by atoms with Crippen molar-refractivity contribution in [2.75, 3.05) is 0 Å². The highest BCUT2D eigenvalue weighted by Crippen LogP contribution is 2.46. The van der Waals surface area contributed by atoms with Crippen LogP contribution in [0.2, 0.25) is 0 Å². The largest absolute Gasteiger partial charge is 0.325 e. The zero-order valence-electron chi connectivity index (χ0n) is 15.1. The fourth-order valence-corrected chi connectivity index (χ4v) is 2.85. The van der Waals surface area contributed by atoms with E-state index in [0.717, 1.165) is 0 Å². The Bertz CT molecular complexity index is 600. The van der Waals surface area contributed by atoms with Crippen LogP contribution in [0.25, 0.3) is 0 Å². The highest BCUT2D eigenvalue weighted by Gasteiger charge is 2.47. The standard InChI is InChI=1S/C18H31NO2/c1-15(2,3)12-11(13(20)14(12)21)10-18(9,19)17(7,8)16(4,5)6/h10,19H2,1-9H3. The van der Waals surface area contributed by atoms with Crippen LogP contribution in [0.1, 0.15) is 73.4 Å². The second kappa shape index (κ2) is 4.77. The van der Waals surface area contributed by atoms with Crippen LogP contribution < -0.4 is 16.6 Å². The van der Waals surface area contributed by atoms with Crippen LogP contribution in [0.5, 0.6) is 0 Å². The van der Waals surface area contributed by atoms with Gasteiger partial charge in [-0.25, -0.2) is 0 Å². The Balaban J connectivity index is 3.28. The van der Waals surface area contributed by atoms with Crippen molar-refractivity contribution in [3.63, 3.8) is 0 Å². The van der Waals surface area contributed by atoms with Crippen LogP contribution in [0.4, 0.5) is 0 Å². The van der Waals surface area contributed by atoms with E-state index in [1.165, 1.54) is 0 Å². The topological polar surface area (TPSA) is 60.2 Å². The van der Waals surface area contributed by atoms with E-state index in [-0.39, 0.29) is 27.1 Å². The van der Waals surface area contributed by atoms with E-state index in [4.69, 9.17) is 5.73 Å². The Morgan fingerprint density at radius 2 is 1.24 bits per heavy atom. The maximum atomic E-state index is 12.0. The minimum Gasteiger partial charge on any atom is -0.325 e. The molecule has 0 aliphatic rings. The summed E-state index contributed by atoms with van der Waals surface area (Å²) in [5.41, 5.74) is 6.17. The summed E-state index contributed by atoms with van der Waals surface area (Å²) in [6.07, 6.45) is 0.453. The van der Waals surface area contributed by atoms with Gasteiger partial charge >= 0.3 is 0 Å². The molecular formula is C18H31NO2. The summed E-state index contributed by atoms with van der Waals surface area (Å²) in [7, 11) is 0. The number of rotatable bonds is 3. The molecule has 21 heavy (non-hydrogen) atoms. The average Bonchev–Trinajstić information content (AvgIpc) is 2.24. The summed E-state index contributed by atoms with van der Waals surface area (Å²) in [6, 6.07) is 0. The molecule has 1 atom stereocenters. The van der Waals surface area contributed by atoms with Crippen molar-refractivity contribution in [2.45, 2.75) is 79.7 Å². The molecule has 0 heterocycles. The minimum absolute atomic E-state index is 0.00421. The van der Waals surface area contributed by atoms with Crippen LogP contribution in [0.15, 0.2) is 9.59 Å². The maximum absolute atomic E-state index is 12.0. The first-order valence-electron chi connectivity index (χ1n) is 7.65. The molecule has 1 rings (SSSR count). The van der Waals surface area contributed by atoms with E-state index in [9.17, 15) is 9.59 Å². The molecule has 2 N–H and O–H groups in total. The molecule has 3 heteroatoms. The van der Waals surface area contributed by atoms with Crippen molar-refractivity contribution < 1.29 is 0 Å². The smallest absolute Gasteiger partial charge is 0.230 e. The van der Waals surface area contributed by atoms with E-state index in [2.05, 4.69) is 34.6 Å². The van der Waals surface area contributed by atoms with Gasteiger partial charge in [0.2, 0.25) is 10.9 Å². The molecule has 0 aliphatic heterocycles. The molecule has 1 aromatic carbocycles. The van der Waals surface area contributed by atoms with Gasteiger partial charge in [-0.2, -0.15) is 0 Å². The number of hydrogen-bond acceptors (Lipinski definition) is 3. The molecule has 0 aromatic heterocycles. The van der Waals surface area contributed by atoms with Crippen molar-refractivity contribution in [3.8, 4) is 0 Å². The van der Waals surface area contributed by atoms with E-state index in [0.29, 0.717) is 17.5 Å². The third kappa shape index (κ3) is 2.85. The zero-order chi connectivity index (χ0) is 17.0. The second-order valence-corrected chi connectivity index (χ2v) is 9.23. The summed E-state index contributed by atoms with van der Waals surface area (Å²) < 4.78 is 0. The van der Waals surface area contributed by atoms with Crippen LogP contribution in [-0.2, 0) is 11.8 Å². The van der Waals surface area contributed by atoms with Crippen molar-refractivity contribution in [1.29, 1.82) is 0 Å². The summed E-state index contributed by atoms with van der Waals surface area (Å²) >= 11 is 0. The van der Waals surface area contributed by atoms with E-state index < -0.39 is 5.54 Å². The SMILES string of the molecule is CC(C)(C)c1c(CC(C)(N)C(C)(C)C(C)(C)C)c(=O)c1=O. The van der Waals surface area contributed by atoms with E-state index >= 15 is 0 Å². The maximum Gasteiger partial charge on any atom is 0.230 e. The lowest BCUT2D eigenvalue weighted by Crippen LogP contribution is -2.59. The predicted molar refractivity (Wildman–Crippen MR) is 89.6 cm³/mol. The Labute approximate surface area is 128 Å². The molecule has 0 fully saturated rings. The first-order valence-corrected chi connectivity index (χ1v) is 7.65. The van der Waals surface area contributed by atoms with Crippen molar-refractivity contribution in [1.82, 2.24) is 0 Å².